The molecule has 2 N–H and O–H groups in total. The summed E-state index contributed by atoms with van der Waals surface area (Å²) in [5.74, 6) is 0.709. The lowest BCUT2D eigenvalue weighted by Crippen LogP contribution is -2.41. The molecule has 36 heavy (non-hydrogen) atoms. The van der Waals surface area contributed by atoms with Gasteiger partial charge in [0.25, 0.3) is 0 Å². The monoisotopic (exact) mass is 492 g/mol. The second kappa shape index (κ2) is 12.7. The normalized spacial score (nSPS) is 19.3. The number of carboxylic acids is 1. The Labute approximate surface area is 212 Å². The number of ether oxygens (including phenoxy) is 1. The fourth-order valence-electron chi connectivity index (χ4n) is 5.41. The minimum Gasteiger partial charge on any atom is -0.497 e. The van der Waals surface area contributed by atoms with Gasteiger partial charge in [0, 0.05) is 43.1 Å². The Balaban J connectivity index is 1.35. The molecule has 0 aliphatic carbocycles. The van der Waals surface area contributed by atoms with Gasteiger partial charge in [0.1, 0.15) is 5.75 Å². The van der Waals surface area contributed by atoms with E-state index >= 15 is 0 Å². The van der Waals surface area contributed by atoms with Crippen LogP contribution in [-0.4, -0.2) is 62.8 Å². The van der Waals surface area contributed by atoms with Gasteiger partial charge in [0.05, 0.1) is 24.4 Å². The van der Waals surface area contributed by atoms with Crippen molar-refractivity contribution in [2.24, 2.45) is 11.8 Å². The molecule has 3 heterocycles. The van der Waals surface area contributed by atoms with E-state index in [4.69, 9.17) is 4.74 Å². The Morgan fingerprint density at radius 2 is 2.06 bits per heavy atom. The molecule has 3 atom stereocenters. The van der Waals surface area contributed by atoms with Crippen LogP contribution in [0.2, 0.25) is 0 Å². The van der Waals surface area contributed by atoms with Gasteiger partial charge in [-0.3, -0.25) is 19.7 Å². The highest BCUT2D eigenvalue weighted by Crippen LogP contribution is 2.35. The summed E-state index contributed by atoms with van der Waals surface area (Å²) in [5.41, 5.74) is 2.70. The first-order chi connectivity index (χ1) is 17.5. The number of carboxylic acid groups (broad SMARTS) is 1. The number of fused-ring (bicyclic) bond motifs is 1. The number of nitrogens with zero attached hydrogens (tertiary/aromatic N) is 4. The lowest BCUT2D eigenvalue weighted by atomic mass is 9.79. The van der Waals surface area contributed by atoms with Crippen LogP contribution in [0.3, 0.4) is 0 Å². The number of aliphatic hydroxyl groups is 1. The van der Waals surface area contributed by atoms with Gasteiger partial charge in [-0.25, -0.2) is 0 Å². The minimum atomic E-state index is -0.745. The van der Waals surface area contributed by atoms with Crippen molar-refractivity contribution >= 4 is 16.9 Å². The van der Waals surface area contributed by atoms with Crippen molar-refractivity contribution in [1.82, 2.24) is 19.9 Å². The van der Waals surface area contributed by atoms with Gasteiger partial charge in [-0.1, -0.05) is 0 Å². The Bertz CT molecular complexity index is 1130. The predicted molar refractivity (Wildman–Crippen MR) is 138 cm³/mol. The number of aliphatic carboxylic acids is 1. The molecule has 0 bridgehead atoms. The molecule has 1 aliphatic heterocycles. The molecule has 1 fully saturated rings. The van der Waals surface area contributed by atoms with Gasteiger partial charge >= 0.3 is 5.97 Å². The summed E-state index contributed by atoms with van der Waals surface area (Å²) in [4.78, 5) is 26.7. The number of carbonyl (C=O) groups is 1. The van der Waals surface area contributed by atoms with Crippen molar-refractivity contribution in [2.45, 2.75) is 51.0 Å². The van der Waals surface area contributed by atoms with E-state index in [9.17, 15) is 15.0 Å². The van der Waals surface area contributed by atoms with E-state index in [1.807, 2.05) is 30.5 Å². The number of hydrogen-bond acceptors (Lipinski definition) is 7. The van der Waals surface area contributed by atoms with Gasteiger partial charge in [-0.05, 0) is 93.3 Å². The maximum Gasteiger partial charge on any atom is 0.303 e. The fraction of sp³-hybridized carbons (Fsp3) is 0.500. The summed E-state index contributed by atoms with van der Waals surface area (Å²) in [7, 11) is 1.63. The molecule has 1 aromatic carbocycles. The molecule has 1 aliphatic rings. The molecular weight excluding hydrogens is 456 g/mol. The molecule has 8 heteroatoms. The van der Waals surface area contributed by atoms with Crippen molar-refractivity contribution in [3.05, 3.63) is 60.3 Å². The third kappa shape index (κ3) is 6.98. The number of rotatable bonds is 12. The lowest BCUT2D eigenvalue weighted by molar-refractivity contribution is -0.137. The fourth-order valence-corrected chi connectivity index (χ4v) is 5.41. The number of pyridine rings is 1. The van der Waals surface area contributed by atoms with Crippen molar-refractivity contribution < 1.29 is 19.7 Å². The average Bonchev–Trinajstić information content (AvgIpc) is 2.91. The summed E-state index contributed by atoms with van der Waals surface area (Å²) < 4.78 is 5.37. The standard InChI is InChI=1S/C28H36N4O4/c1-36-23-6-7-26-25(17-23)24(10-12-31-26)27(33)8-4-20-11-16-32(19-21(20)5-9-28(34)35)15-2-3-22-18-29-13-14-30-22/h6-7,10,12-14,17-18,20-21,27,33H,2-5,8-9,11,15-16,19H2,1H3,(H,34,35)/t20-,21-,27-/m1/s1. The van der Waals surface area contributed by atoms with Crippen LogP contribution in [0.25, 0.3) is 10.9 Å². The van der Waals surface area contributed by atoms with Crippen molar-refractivity contribution in [3.63, 3.8) is 0 Å². The lowest BCUT2D eigenvalue weighted by Gasteiger charge is -2.39. The Morgan fingerprint density at radius 1 is 1.17 bits per heavy atom. The zero-order valence-electron chi connectivity index (χ0n) is 20.9. The topological polar surface area (TPSA) is 109 Å². The number of likely N-dealkylation sites (tertiary alicyclic amines) is 1. The van der Waals surface area contributed by atoms with Gasteiger partial charge < -0.3 is 19.8 Å². The summed E-state index contributed by atoms with van der Waals surface area (Å²) in [6, 6.07) is 7.59. The zero-order chi connectivity index (χ0) is 25.3. The maximum absolute atomic E-state index is 11.3. The van der Waals surface area contributed by atoms with Crippen LogP contribution >= 0.6 is 0 Å². The Kier molecular flexibility index (Phi) is 9.19. The third-order valence-corrected chi connectivity index (χ3v) is 7.38. The highest BCUT2D eigenvalue weighted by atomic mass is 16.5. The van der Waals surface area contributed by atoms with E-state index < -0.39 is 12.1 Å². The van der Waals surface area contributed by atoms with Gasteiger partial charge in [-0.2, -0.15) is 0 Å². The van der Waals surface area contributed by atoms with Crippen molar-refractivity contribution in [1.29, 1.82) is 0 Å². The van der Waals surface area contributed by atoms with Crippen LogP contribution in [0.4, 0.5) is 0 Å². The molecular formula is C28H36N4O4. The van der Waals surface area contributed by atoms with E-state index in [0.717, 1.165) is 73.2 Å². The second-order valence-electron chi connectivity index (χ2n) is 9.72. The predicted octanol–water partition coefficient (Wildman–Crippen LogP) is 4.28. The molecule has 192 valence electrons. The van der Waals surface area contributed by atoms with Crippen LogP contribution < -0.4 is 4.74 Å². The zero-order valence-corrected chi connectivity index (χ0v) is 20.9. The number of aryl methyl sites for hydroxylation is 1. The Hall–Kier alpha value is -3.10. The SMILES string of the molecule is COc1ccc2nccc([C@H](O)CC[C@@H]3CCN(CCCc4cnccn4)C[C@H]3CCC(=O)O)c2c1. The number of hydrogen-bond donors (Lipinski definition) is 2. The van der Waals surface area contributed by atoms with Gasteiger partial charge in [0.2, 0.25) is 0 Å². The van der Waals surface area contributed by atoms with Crippen molar-refractivity contribution in [3.8, 4) is 5.75 Å². The molecule has 4 rings (SSSR count). The number of aromatic nitrogens is 3. The van der Waals surface area contributed by atoms with E-state index in [1.54, 1.807) is 25.7 Å². The van der Waals surface area contributed by atoms with E-state index in [1.165, 1.54) is 0 Å². The molecule has 8 nitrogen and oxygen atoms in total. The smallest absolute Gasteiger partial charge is 0.303 e. The second-order valence-corrected chi connectivity index (χ2v) is 9.72. The first-order valence-corrected chi connectivity index (χ1v) is 12.8. The molecule has 0 saturated carbocycles. The van der Waals surface area contributed by atoms with E-state index in [0.29, 0.717) is 24.7 Å². The van der Waals surface area contributed by atoms with Crippen LogP contribution in [-0.2, 0) is 11.2 Å². The Morgan fingerprint density at radius 3 is 2.83 bits per heavy atom. The van der Waals surface area contributed by atoms with Gasteiger partial charge in [0.15, 0.2) is 0 Å². The molecule has 2 aromatic heterocycles. The van der Waals surface area contributed by atoms with Crippen LogP contribution in [0.15, 0.2) is 49.1 Å². The quantitative estimate of drug-likeness (QED) is 0.386. The number of benzene rings is 1. The summed E-state index contributed by atoms with van der Waals surface area (Å²) in [5, 5.41) is 21.3. The van der Waals surface area contributed by atoms with Crippen molar-refractivity contribution in [2.75, 3.05) is 26.7 Å². The summed E-state index contributed by atoms with van der Waals surface area (Å²) in [6.07, 6.45) is 11.6. The molecule has 0 spiro atoms. The third-order valence-electron chi connectivity index (χ3n) is 7.38. The number of aliphatic hydroxyl groups excluding tert-OH is 1. The number of piperidine rings is 1. The summed E-state index contributed by atoms with van der Waals surface area (Å²) >= 11 is 0. The number of methoxy groups -OCH3 is 1. The molecule has 1 saturated heterocycles. The van der Waals surface area contributed by atoms with Crippen LogP contribution in [0.5, 0.6) is 5.75 Å². The van der Waals surface area contributed by atoms with Crippen LogP contribution in [0.1, 0.15) is 55.9 Å². The van der Waals surface area contributed by atoms with E-state index in [2.05, 4.69) is 19.9 Å². The molecule has 0 amide bonds. The van der Waals surface area contributed by atoms with Gasteiger partial charge in [-0.15, -0.1) is 0 Å². The van der Waals surface area contributed by atoms with E-state index in [-0.39, 0.29) is 6.42 Å². The first kappa shape index (κ1) is 26.0. The first-order valence-electron chi connectivity index (χ1n) is 12.8. The largest absolute Gasteiger partial charge is 0.497 e. The average molecular weight is 493 g/mol. The summed E-state index contributed by atoms with van der Waals surface area (Å²) in [6.45, 7) is 2.88. The highest BCUT2D eigenvalue weighted by Gasteiger charge is 2.30. The molecule has 0 radical (unpaired) electrons. The molecule has 0 unspecified atom stereocenters. The maximum atomic E-state index is 11.3. The van der Waals surface area contributed by atoms with Crippen LogP contribution in [0, 0.1) is 11.8 Å². The minimum absolute atomic E-state index is 0.186. The molecule has 3 aromatic rings. The highest BCUT2D eigenvalue weighted by molar-refractivity contribution is 5.83.